The summed E-state index contributed by atoms with van der Waals surface area (Å²) in [5.74, 6) is 0.522. The largest absolute Gasteiger partial charge is 0.399 e. The summed E-state index contributed by atoms with van der Waals surface area (Å²) in [6.07, 6.45) is 2.47. The highest BCUT2D eigenvalue weighted by molar-refractivity contribution is 5.78. The van der Waals surface area contributed by atoms with Gasteiger partial charge in [-0.1, -0.05) is 0 Å². The van der Waals surface area contributed by atoms with E-state index in [2.05, 4.69) is 4.98 Å². The fraction of sp³-hybridized carbons (Fsp3) is 0.400. The zero-order valence-electron chi connectivity index (χ0n) is 8.39. The molecule has 2 heterocycles. The van der Waals surface area contributed by atoms with E-state index in [1.165, 1.54) is 0 Å². The van der Waals surface area contributed by atoms with E-state index in [0.717, 1.165) is 18.8 Å². The Labute approximate surface area is 88.1 Å². The fourth-order valence-electron chi connectivity index (χ4n) is 1.81. The van der Waals surface area contributed by atoms with Crippen LogP contribution >= 0.6 is 0 Å². The molecule has 1 atom stereocenters. The lowest BCUT2D eigenvalue weighted by Gasteiger charge is -2.16. The van der Waals surface area contributed by atoms with Crippen molar-refractivity contribution in [3.8, 4) is 0 Å². The van der Waals surface area contributed by atoms with Gasteiger partial charge in [0.1, 0.15) is 5.82 Å². The minimum atomic E-state index is -0.235. The van der Waals surface area contributed by atoms with Crippen LogP contribution in [0.3, 0.4) is 0 Å². The number of pyridine rings is 1. The zero-order valence-corrected chi connectivity index (χ0v) is 8.39. The first-order valence-corrected chi connectivity index (χ1v) is 4.92. The molecule has 1 aromatic rings. The molecule has 1 fully saturated rings. The Morgan fingerprint density at radius 2 is 2.40 bits per heavy atom. The molecule has 4 N–H and O–H groups in total. The van der Waals surface area contributed by atoms with Crippen LogP contribution in [0.25, 0.3) is 0 Å². The summed E-state index contributed by atoms with van der Waals surface area (Å²) in [6, 6.07) is 3.55. The average molecular weight is 206 g/mol. The molecule has 0 aromatic carbocycles. The number of nitrogen functional groups attached to an aromatic ring is 1. The molecule has 0 spiro atoms. The van der Waals surface area contributed by atoms with Crippen LogP contribution in [0.15, 0.2) is 18.3 Å². The first-order valence-electron chi connectivity index (χ1n) is 4.92. The molecule has 0 radical (unpaired) electrons. The minimum Gasteiger partial charge on any atom is -0.399 e. The first-order chi connectivity index (χ1) is 7.16. The Bertz CT molecular complexity index is 379. The summed E-state index contributed by atoms with van der Waals surface area (Å²) in [5.41, 5.74) is 11.6. The maximum absolute atomic E-state index is 11.0. The number of hydrogen-bond acceptors (Lipinski definition) is 4. The van der Waals surface area contributed by atoms with Gasteiger partial charge in [-0.25, -0.2) is 4.98 Å². The summed E-state index contributed by atoms with van der Waals surface area (Å²) >= 11 is 0. The monoisotopic (exact) mass is 206 g/mol. The summed E-state index contributed by atoms with van der Waals surface area (Å²) in [4.78, 5) is 17.2. The number of carbonyl (C=O) groups excluding carboxylic acids is 1. The quantitative estimate of drug-likeness (QED) is 0.711. The van der Waals surface area contributed by atoms with Crippen LogP contribution in [0, 0.1) is 5.92 Å². The van der Waals surface area contributed by atoms with Crippen molar-refractivity contribution < 1.29 is 4.79 Å². The molecule has 0 bridgehead atoms. The number of primary amides is 1. The van der Waals surface area contributed by atoms with Crippen molar-refractivity contribution in [1.29, 1.82) is 0 Å². The van der Waals surface area contributed by atoms with E-state index in [4.69, 9.17) is 11.5 Å². The van der Waals surface area contributed by atoms with Crippen molar-refractivity contribution in [2.24, 2.45) is 11.7 Å². The third-order valence-corrected chi connectivity index (χ3v) is 2.68. The molecular formula is C10H14N4O. The Morgan fingerprint density at radius 3 is 3.00 bits per heavy atom. The van der Waals surface area contributed by atoms with Gasteiger partial charge in [0.25, 0.3) is 0 Å². The second-order valence-corrected chi connectivity index (χ2v) is 3.78. The molecule has 15 heavy (non-hydrogen) atoms. The normalized spacial score (nSPS) is 20.5. The van der Waals surface area contributed by atoms with Gasteiger partial charge < -0.3 is 16.4 Å². The number of anilines is 2. The van der Waals surface area contributed by atoms with Gasteiger partial charge in [-0.05, 0) is 12.5 Å². The Morgan fingerprint density at radius 1 is 1.60 bits per heavy atom. The molecule has 1 aliphatic rings. The van der Waals surface area contributed by atoms with Crippen molar-refractivity contribution >= 4 is 17.4 Å². The van der Waals surface area contributed by atoms with Crippen molar-refractivity contribution in [2.75, 3.05) is 23.7 Å². The van der Waals surface area contributed by atoms with E-state index < -0.39 is 0 Å². The molecule has 5 nitrogen and oxygen atoms in total. The Hall–Kier alpha value is -1.78. The number of amides is 1. The Kier molecular flexibility index (Phi) is 2.45. The molecular weight excluding hydrogens is 192 g/mol. The van der Waals surface area contributed by atoms with Crippen LogP contribution < -0.4 is 16.4 Å². The number of nitrogens with two attached hydrogens (primary N) is 2. The van der Waals surface area contributed by atoms with Gasteiger partial charge in [0.05, 0.1) is 5.92 Å². The maximum Gasteiger partial charge on any atom is 0.222 e. The third-order valence-electron chi connectivity index (χ3n) is 2.68. The lowest BCUT2D eigenvalue weighted by molar-refractivity contribution is -0.121. The number of nitrogens with zero attached hydrogens (tertiary/aromatic N) is 2. The number of rotatable bonds is 2. The Balaban J connectivity index is 2.11. The summed E-state index contributed by atoms with van der Waals surface area (Å²) < 4.78 is 0. The average Bonchev–Trinajstić information content (AvgIpc) is 2.66. The third kappa shape index (κ3) is 2.01. The fourth-order valence-corrected chi connectivity index (χ4v) is 1.81. The predicted octanol–water partition coefficient (Wildman–Crippen LogP) is -0.0246. The molecule has 1 amide bonds. The molecule has 0 saturated carbocycles. The SMILES string of the molecule is NC(=O)C1CCN(c2cc(N)ccn2)C1. The highest BCUT2D eigenvalue weighted by atomic mass is 16.1. The van der Waals surface area contributed by atoms with Gasteiger partial charge in [0.2, 0.25) is 5.91 Å². The van der Waals surface area contributed by atoms with Gasteiger partial charge in [0.15, 0.2) is 0 Å². The molecule has 1 aromatic heterocycles. The van der Waals surface area contributed by atoms with E-state index >= 15 is 0 Å². The molecule has 1 saturated heterocycles. The topological polar surface area (TPSA) is 85.2 Å². The van der Waals surface area contributed by atoms with Crippen LogP contribution in [0.2, 0.25) is 0 Å². The zero-order chi connectivity index (χ0) is 10.8. The van der Waals surface area contributed by atoms with Crippen molar-refractivity contribution in [1.82, 2.24) is 4.98 Å². The maximum atomic E-state index is 11.0. The van der Waals surface area contributed by atoms with E-state index in [0.29, 0.717) is 12.2 Å². The lowest BCUT2D eigenvalue weighted by Crippen LogP contribution is -2.27. The van der Waals surface area contributed by atoms with E-state index in [1.807, 2.05) is 11.0 Å². The van der Waals surface area contributed by atoms with Crippen molar-refractivity contribution in [3.63, 3.8) is 0 Å². The molecule has 2 rings (SSSR count). The molecule has 80 valence electrons. The summed E-state index contributed by atoms with van der Waals surface area (Å²) in [7, 11) is 0. The smallest absolute Gasteiger partial charge is 0.222 e. The van der Waals surface area contributed by atoms with Crippen molar-refractivity contribution in [3.05, 3.63) is 18.3 Å². The minimum absolute atomic E-state index is 0.0618. The van der Waals surface area contributed by atoms with E-state index in [9.17, 15) is 4.79 Å². The van der Waals surface area contributed by atoms with Crippen LogP contribution in [0.4, 0.5) is 11.5 Å². The first kappa shape index (κ1) is 9.76. The molecule has 1 unspecified atom stereocenters. The number of hydrogen-bond donors (Lipinski definition) is 2. The van der Waals surface area contributed by atoms with Crippen LogP contribution in [0.1, 0.15) is 6.42 Å². The molecule has 0 aliphatic carbocycles. The summed E-state index contributed by atoms with van der Waals surface area (Å²) in [5, 5.41) is 0. The second-order valence-electron chi connectivity index (χ2n) is 3.78. The standard InChI is InChI=1S/C10H14N4O/c11-8-1-3-13-9(5-8)14-4-2-7(6-14)10(12)15/h1,3,5,7H,2,4,6H2,(H2,11,13)(H2,12,15). The number of aromatic nitrogens is 1. The van der Waals surface area contributed by atoms with Crippen LogP contribution in [-0.4, -0.2) is 24.0 Å². The predicted molar refractivity (Wildman–Crippen MR) is 58.2 cm³/mol. The van der Waals surface area contributed by atoms with Gasteiger partial charge in [0, 0.05) is 31.0 Å². The number of carbonyl (C=O) groups is 1. The second kappa shape index (κ2) is 3.76. The molecule has 5 heteroatoms. The lowest BCUT2D eigenvalue weighted by atomic mass is 10.1. The van der Waals surface area contributed by atoms with Gasteiger partial charge in [-0.2, -0.15) is 0 Å². The van der Waals surface area contributed by atoms with E-state index in [1.54, 1.807) is 12.3 Å². The van der Waals surface area contributed by atoms with Gasteiger partial charge in [-0.3, -0.25) is 4.79 Å². The van der Waals surface area contributed by atoms with Gasteiger partial charge >= 0.3 is 0 Å². The highest BCUT2D eigenvalue weighted by Gasteiger charge is 2.27. The van der Waals surface area contributed by atoms with Gasteiger partial charge in [-0.15, -0.1) is 0 Å². The van der Waals surface area contributed by atoms with Crippen molar-refractivity contribution in [2.45, 2.75) is 6.42 Å². The highest BCUT2D eigenvalue weighted by Crippen LogP contribution is 2.22. The summed E-state index contributed by atoms with van der Waals surface area (Å²) in [6.45, 7) is 1.45. The van der Waals surface area contributed by atoms with Crippen LogP contribution in [0.5, 0.6) is 0 Å². The van der Waals surface area contributed by atoms with Crippen LogP contribution in [-0.2, 0) is 4.79 Å². The van der Waals surface area contributed by atoms with E-state index in [-0.39, 0.29) is 11.8 Å². The molecule has 1 aliphatic heterocycles.